The number of benzene rings is 1. The number of rotatable bonds is 5. The maximum absolute atomic E-state index is 12.4. The number of ether oxygens (including phenoxy) is 1. The SMILES string of the molecule is COc1ccc2[nH+]c(-n3cc(C)c(=O)c(C)c3CC(S)CS)[nH]c2c1. The number of thiol groups is 2. The largest absolute Gasteiger partial charge is 0.497 e. The molecule has 3 rings (SSSR count). The molecule has 3 aromatic rings. The molecule has 1 aromatic carbocycles. The lowest BCUT2D eigenvalue weighted by Crippen LogP contribution is -2.24. The van der Waals surface area contributed by atoms with Crippen LogP contribution in [0.5, 0.6) is 5.75 Å². The fraction of sp³-hybridized carbons (Fsp3) is 0.333. The quantitative estimate of drug-likeness (QED) is 0.599. The molecule has 132 valence electrons. The predicted octanol–water partition coefficient (Wildman–Crippen LogP) is 2.53. The number of nitrogens with zero attached hydrogens (tertiary/aromatic N) is 1. The Kier molecular flexibility index (Phi) is 5.15. The number of imidazole rings is 1. The fourth-order valence-electron chi connectivity index (χ4n) is 2.95. The van der Waals surface area contributed by atoms with Crippen LogP contribution in [0.25, 0.3) is 17.0 Å². The van der Waals surface area contributed by atoms with Crippen LogP contribution in [0.4, 0.5) is 0 Å². The van der Waals surface area contributed by atoms with E-state index in [4.69, 9.17) is 4.74 Å². The van der Waals surface area contributed by atoms with Crippen molar-refractivity contribution in [2.45, 2.75) is 25.5 Å². The third kappa shape index (κ3) is 3.43. The first-order valence-corrected chi connectivity index (χ1v) is 9.19. The molecule has 2 heterocycles. The molecule has 0 aliphatic carbocycles. The molecule has 0 bridgehead atoms. The van der Waals surface area contributed by atoms with Crippen molar-refractivity contribution in [3.05, 3.63) is 51.4 Å². The van der Waals surface area contributed by atoms with E-state index in [-0.39, 0.29) is 10.7 Å². The van der Waals surface area contributed by atoms with Gasteiger partial charge in [0.05, 0.1) is 19.0 Å². The highest BCUT2D eigenvalue weighted by Crippen LogP contribution is 2.20. The van der Waals surface area contributed by atoms with Crippen molar-refractivity contribution in [1.29, 1.82) is 0 Å². The van der Waals surface area contributed by atoms with E-state index in [0.29, 0.717) is 17.7 Å². The van der Waals surface area contributed by atoms with Gasteiger partial charge in [-0.3, -0.25) is 4.79 Å². The van der Waals surface area contributed by atoms with E-state index in [0.717, 1.165) is 34.0 Å². The molecule has 5 nitrogen and oxygen atoms in total. The zero-order valence-electron chi connectivity index (χ0n) is 14.5. The number of aromatic nitrogens is 3. The highest BCUT2D eigenvalue weighted by atomic mass is 32.1. The molecule has 0 saturated heterocycles. The third-order valence-electron chi connectivity index (χ3n) is 4.36. The van der Waals surface area contributed by atoms with Crippen LogP contribution in [0.1, 0.15) is 16.8 Å². The van der Waals surface area contributed by atoms with Gasteiger partial charge in [-0.15, -0.1) is 0 Å². The van der Waals surface area contributed by atoms with Gasteiger partial charge >= 0.3 is 5.95 Å². The van der Waals surface area contributed by atoms with E-state index in [1.54, 1.807) is 7.11 Å². The van der Waals surface area contributed by atoms with Crippen molar-refractivity contribution < 1.29 is 9.72 Å². The Hall–Kier alpha value is -1.86. The van der Waals surface area contributed by atoms with Gasteiger partial charge in [-0.1, -0.05) is 0 Å². The van der Waals surface area contributed by atoms with E-state index in [9.17, 15) is 4.79 Å². The van der Waals surface area contributed by atoms with Crippen LogP contribution in [0, 0.1) is 13.8 Å². The second-order valence-electron chi connectivity index (χ2n) is 6.13. The molecule has 1 atom stereocenters. The van der Waals surface area contributed by atoms with Crippen molar-refractivity contribution in [3.63, 3.8) is 0 Å². The minimum atomic E-state index is 0.0693. The van der Waals surface area contributed by atoms with Crippen LogP contribution in [0.3, 0.4) is 0 Å². The second kappa shape index (κ2) is 7.17. The smallest absolute Gasteiger partial charge is 0.365 e. The third-order valence-corrected chi connectivity index (χ3v) is 5.45. The molecule has 0 aliphatic heterocycles. The molecule has 25 heavy (non-hydrogen) atoms. The summed E-state index contributed by atoms with van der Waals surface area (Å²) in [5, 5.41) is 0.0693. The molecule has 0 spiro atoms. The van der Waals surface area contributed by atoms with Crippen molar-refractivity contribution in [1.82, 2.24) is 9.55 Å². The van der Waals surface area contributed by atoms with Gasteiger partial charge in [0.15, 0.2) is 5.43 Å². The van der Waals surface area contributed by atoms with Crippen LogP contribution >= 0.6 is 25.3 Å². The molecule has 0 radical (unpaired) electrons. The van der Waals surface area contributed by atoms with Crippen LogP contribution in [-0.2, 0) is 6.42 Å². The van der Waals surface area contributed by atoms with E-state index < -0.39 is 0 Å². The van der Waals surface area contributed by atoms with Gasteiger partial charge in [-0.2, -0.15) is 25.3 Å². The highest BCUT2D eigenvalue weighted by Gasteiger charge is 2.21. The van der Waals surface area contributed by atoms with Crippen LogP contribution in [-0.4, -0.2) is 27.7 Å². The molecule has 0 saturated carbocycles. The summed E-state index contributed by atoms with van der Waals surface area (Å²) in [5.74, 6) is 2.22. The van der Waals surface area contributed by atoms with E-state index in [2.05, 4.69) is 35.2 Å². The van der Waals surface area contributed by atoms with Crippen molar-refractivity contribution in [3.8, 4) is 11.7 Å². The normalized spacial score (nSPS) is 12.5. The molecule has 7 heteroatoms. The molecule has 0 amide bonds. The minimum Gasteiger partial charge on any atom is -0.497 e. The summed E-state index contributed by atoms with van der Waals surface area (Å²) in [6, 6.07) is 5.81. The number of H-pyrrole nitrogens is 2. The molecular formula is C18H22N3O2S2+. The number of methoxy groups -OCH3 is 1. The van der Waals surface area contributed by atoms with E-state index >= 15 is 0 Å². The second-order valence-corrected chi connectivity index (χ2v) is 7.23. The molecule has 0 aliphatic rings. The average molecular weight is 377 g/mol. The Morgan fingerprint density at radius 2 is 2.12 bits per heavy atom. The number of fused-ring (bicyclic) bond motifs is 1. The predicted molar refractivity (Wildman–Crippen MR) is 107 cm³/mol. The Labute approximate surface area is 157 Å². The first-order valence-electron chi connectivity index (χ1n) is 8.04. The molecule has 1 unspecified atom stereocenters. The molecule has 0 fully saturated rings. The summed E-state index contributed by atoms with van der Waals surface area (Å²) in [6.07, 6.45) is 2.52. The zero-order chi connectivity index (χ0) is 18.1. The summed E-state index contributed by atoms with van der Waals surface area (Å²) < 4.78 is 7.29. The maximum Gasteiger partial charge on any atom is 0.365 e. The molecule has 2 aromatic heterocycles. The summed E-state index contributed by atoms with van der Waals surface area (Å²) in [4.78, 5) is 19.2. The van der Waals surface area contributed by atoms with E-state index in [1.165, 1.54) is 0 Å². The standard InChI is InChI=1S/C18H21N3O2S2/c1-10-8-21(16(7-13(25)9-24)11(2)17(10)22)18-19-14-5-4-12(23-3)6-15(14)20-18/h4-6,8,13,24-25H,7,9H2,1-3H3,(H,19,20)/p+1. The lowest BCUT2D eigenvalue weighted by molar-refractivity contribution is -0.339. The lowest BCUT2D eigenvalue weighted by atomic mass is 10.1. The average Bonchev–Trinajstić information content (AvgIpc) is 3.04. The number of hydrogen-bond acceptors (Lipinski definition) is 4. The number of nitrogens with one attached hydrogen (secondary N) is 2. The topological polar surface area (TPSA) is 61.2 Å². The Balaban J connectivity index is 2.20. The lowest BCUT2D eigenvalue weighted by Gasteiger charge is -2.13. The minimum absolute atomic E-state index is 0.0693. The monoisotopic (exact) mass is 376 g/mol. The van der Waals surface area contributed by atoms with Crippen molar-refractivity contribution in [2.24, 2.45) is 0 Å². The maximum atomic E-state index is 12.4. The first kappa shape index (κ1) is 17.9. The van der Waals surface area contributed by atoms with Gasteiger partial charge < -0.3 is 4.74 Å². The summed E-state index contributed by atoms with van der Waals surface area (Å²) >= 11 is 8.87. The van der Waals surface area contributed by atoms with Gasteiger partial charge in [-0.05, 0) is 26.0 Å². The van der Waals surface area contributed by atoms with Crippen molar-refractivity contribution >= 4 is 36.3 Å². The van der Waals surface area contributed by atoms with Gasteiger partial charge in [0.25, 0.3) is 0 Å². The number of pyridine rings is 1. The van der Waals surface area contributed by atoms with Gasteiger partial charge in [0.1, 0.15) is 16.8 Å². The zero-order valence-corrected chi connectivity index (χ0v) is 16.2. The number of aromatic amines is 2. The van der Waals surface area contributed by atoms with Gasteiger partial charge in [-0.25, -0.2) is 14.5 Å². The Morgan fingerprint density at radius 3 is 2.80 bits per heavy atom. The molecular weight excluding hydrogens is 354 g/mol. The van der Waals surface area contributed by atoms with Gasteiger partial charge in [0, 0.05) is 34.6 Å². The summed E-state index contributed by atoms with van der Waals surface area (Å²) in [5.41, 5.74) is 4.35. The van der Waals surface area contributed by atoms with Crippen molar-refractivity contribution in [2.75, 3.05) is 12.9 Å². The highest BCUT2D eigenvalue weighted by molar-refractivity contribution is 7.84. The molecule has 2 N–H and O–H groups in total. The van der Waals surface area contributed by atoms with Gasteiger partial charge in [0.2, 0.25) is 0 Å². The van der Waals surface area contributed by atoms with Crippen LogP contribution in [0.15, 0.2) is 29.2 Å². The number of hydrogen-bond donors (Lipinski definition) is 3. The first-order chi connectivity index (χ1) is 11.9. The van der Waals surface area contributed by atoms with E-state index in [1.807, 2.05) is 42.8 Å². The number of aryl methyl sites for hydroxylation is 1. The summed E-state index contributed by atoms with van der Waals surface area (Å²) in [7, 11) is 1.64. The van der Waals surface area contributed by atoms with Crippen LogP contribution in [0.2, 0.25) is 0 Å². The fourth-order valence-corrected chi connectivity index (χ4v) is 3.25. The Bertz CT molecular complexity index is 978. The van der Waals surface area contributed by atoms with Crippen LogP contribution < -0.4 is 15.1 Å². The Morgan fingerprint density at radius 1 is 1.36 bits per heavy atom. The summed E-state index contributed by atoms with van der Waals surface area (Å²) in [6.45, 7) is 3.70.